The molecule has 0 heterocycles. The Hall–Kier alpha value is -2.72. The Bertz CT molecular complexity index is 1970. The molecule has 19 heteroatoms. The number of hydrogen-bond donors (Lipinski definition) is 3. The second-order valence-corrected chi connectivity index (χ2v) is 29.6. The highest BCUT2D eigenvalue weighted by atomic mass is 31.2. The van der Waals surface area contributed by atoms with Gasteiger partial charge in [-0.05, 0) is 103 Å². The summed E-state index contributed by atoms with van der Waals surface area (Å²) in [5.41, 5.74) is 0. The van der Waals surface area contributed by atoms with Crippen LogP contribution in [0.3, 0.4) is 0 Å². The number of aliphatic hydroxyl groups excluding tert-OH is 1. The summed E-state index contributed by atoms with van der Waals surface area (Å²) in [7, 11) is -9.93. The van der Waals surface area contributed by atoms with E-state index in [9.17, 15) is 43.2 Å². The van der Waals surface area contributed by atoms with Gasteiger partial charge in [0.25, 0.3) is 0 Å². The van der Waals surface area contributed by atoms with Gasteiger partial charge in [-0.1, -0.05) is 282 Å². The van der Waals surface area contributed by atoms with Gasteiger partial charge in [-0.2, -0.15) is 0 Å². The van der Waals surface area contributed by atoms with Gasteiger partial charge in [0, 0.05) is 25.7 Å². The largest absolute Gasteiger partial charge is 0.472 e. The molecule has 0 saturated carbocycles. The first-order valence-corrected chi connectivity index (χ1v) is 42.2. The molecular weight excluding hydrogens is 1260 g/mol. The van der Waals surface area contributed by atoms with E-state index in [1.165, 1.54) is 161 Å². The molecule has 0 aliphatic rings. The van der Waals surface area contributed by atoms with Crippen LogP contribution in [0.15, 0.2) is 36.5 Å². The predicted molar refractivity (Wildman–Crippen MR) is 391 cm³/mol. The van der Waals surface area contributed by atoms with Crippen molar-refractivity contribution in [1.82, 2.24) is 0 Å². The van der Waals surface area contributed by atoms with E-state index in [0.717, 1.165) is 135 Å². The van der Waals surface area contributed by atoms with E-state index in [1.54, 1.807) is 0 Å². The maximum atomic E-state index is 13.1. The second kappa shape index (κ2) is 70.7. The minimum Gasteiger partial charge on any atom is -0.462 e. The lowest BCUT2D eigenvalue weighted by Gasteiger charge is -2.21. The molecule has 0 aliphatic carbocycles. The molecule has 17 nitrogen and oxygen atoms in total. The lowest BCUT2D eigenvalue weighted by molar-refractivity contribution is -0.161. The number of carbonyl (C=O) groups excluding carboxylic acids is 4. The SMILES string of the molecule is CCCCCC/C=C\CCCCCCCC(=O)OC(COC(=O)CCCCCCC/C=C\CCCCCCCC)COP(=O)(O)OCC(O)COP(=O)(O)OCC(COC(=O)CCCCCCCCCCCCCCCCC)OC(=O)CCCCCCC/C=C\CCCCCC. The topological polar surface area (TPSA) is 237 Å². The Morgan fingerprint density at radius 3 is 0.729 bits per heavy atom. The molecule has 0 bridgehead atoms. The molecule has 0 fully saturated rings. The normalized spacial score (nSPS) is 14.1. The standard InChI is InChI=1S/C77H144O17P2/c1-5-9-13-17-21-25-29-33-35-39-41-45-49-53-57-61-74(79)87-67-72(93-76(81)63-59-55-51-47-43-37-31-27-23-19-15-11-7-3)69-91-95(83,84)89-65-71(78)66-90-96(85,86)92-70-73(94-77(82)64-60-56-52-48-44-38-32-28-24-20-16-12-8-4)68-88-75(80)62-58-54-50-46-42-40-36-34-30-26-22-18-14-10-6-2/h27-28,31-33,35,71-73,78H,5-26,29-30,34,36-70H2,1-4H3,(H,83,84)(H,85,86)/b31-27-,32-28-,35-33-. The molecule has 5 atom stereocenters. The number of esters is 4. The predicted octanol–water partition coefficient (Wildman–Crippen LogP) is 22.3. The van der Waals surface area contributed by atoms with Crippen LogP contribution < -0.4 is 0 Å². The Morgan fingerprint density at radius 1 is 0.281 bits per heavy atom. The lowest BCUT2D eigenvalue weighted by atomic mass is 10.0. The molecule has 3 N–H and O–H groups in total. The van der Waals surface area contributed by atoms with Crippen LogP contribution in [0.25, 0.3) is 0 Å². The molecule has 564 valence electrons. The molecule has 0 aromatic heterocycles. The number of hydrogen-bond acceptors (Lipinski definition) is 15. The highest BCUT2D eigenvalue weighted by Gasteiger charge is 2.30. The second-order valence-electron chi connectivity index (χ2n) is 26.7. The van der Waals surface area contributed by atoms with Crippen molar-refractivity contribution in [2.24, 2.45) is 0 Å². The Kier molecular flexibility index (Phi) is 68.7. The van der Waals surface area contributed by atoms with Gasteiger partial charge in [0.2, 0.25) is 0 Å². The zero-order valence-corrected chi connectivity index (χ0v) is 63.4. The summed E-state index contributed by atoms with van der Waals surface area (Å²) >= 11 is 0. The molecule has 0 radical (unpaired) electrons. The van der Waals surface area contributed by atoms with Gasteiger partial charge >= 0.3 is 39.5 Å². The molecule has 0 aliphatic heterocycles. The van der Waals surface area contributed by atoms with Crippen molar-refractivity contribution in [3.8, 4) is 0 Å². The summed E-state index contributed by atoms with van der Waals surface area (Å²) in [6.45, 7) is 4.89. The average molecular weight is 1400 g/mol. The minimum atomic E-state index is -4.97. The summed E-state index contributed by atoms with van der Waals surface area (Å²) in [6.07, 6.45) is 65.5. The number of unbranched alkanes of at least 4 members (excludes halogenated alkanes) is 43. The molecule has 5 unspecified atom stereocenters. The van der Waals surface area contributed by atoms with Crippen LogP contribution in [-0.4, -0.2) is 96.7 Å². The number of ether oxygens (including phenoxy) is 4. The molecular formula is C77H144O17P2. The highest BCUT2D eigenvalue weighted by molar-refractivity contribution is 7.47. The number of allylic oxidation sites excluding steroid dienone is 6. The first-order valence-electron chi connectivity index (χ1n) is 39.2. The third-order valence-electron chi connectivity index (χ3n) is 17.1. The summed E-state index contributed by atoms with van der Waals surface area (Å²) in [5, 5.41) is 10.6. The quantitative estimate of drug-likeness (QED) is 0.0169. The van der Waals surface area contributed by atoms with Crippen LogP contribution in [0.4, 0.5) is 0 Å². The van der Waals surface area contributed by atoms with Crippen molar-refractivity contribution in [3.05, 3.63) is 36.5 Å². The zero-order valence-electron chi connectivity index (χ0n) is 61.6. The summed E-state index contributed by atoms with van der Waals surface area (Å²) in [5.74, 6) is -2.16. The van der Waals surface area contributed by atoms with E-state index < -0.39 is 97.5 Å². The summed E-state index contributed by atoms with van der Waals surface area (Å²) < 4.78 is 68.5. The smallest absolute Gasteiger partial charge is 0.462 e. The lowest BCUT2D eigenvalue weighted by Crippen LogP contribution is -2.30. The first kappa shape index (κ1) is 93.3. The Morgan fingerprint density at radius 2 is 0.479 bits per heavy atom. The molecule has 0 spiro atoms. The number of rotatable bonds is 75. The van der Waals surface area contributed by atoms with E-state index in [2.05, 4.69) is 64.2 Å². The molecule has 0 saturated heterocycles. The van der Waals surface area contributed by atoms with Gasteiger partial charge in [-0.15, -0.1) is 0 Å². The molecule has 0 aromatic carbocycles. The molecule has 96 heavy (non-hydrogen) atoms. The maximum Gasteiger partial charge on any atom is 0.472 e. The van der Waals surface area contributed by atoms with Crippen molar-refractivity contribution in [1.29, 1.82) is 0 Å². The van der Waals surface area contributed by atoms with Gasteiger partial charge in [-0.25, -0.2) is 9.13 Å². The number of phosphoric acid groups is 2. The Labute approximate surface area is 585 Å². The van der Waals surface area contributed by atoms with Crippen molar-refractivity contribution >= 4 is 39.5 Å². The monoisotopic (exact) mass is 1400 g/mol. The van der Waals surface area contributed by atoms with Gasteiger partial charge in [0.05, 0.1) is 26.4 Å². The molecule has 0 rings (SSSR count). The van der Waals surface area contributed by atoms with Crippen LogP contribution in [0.5, 0.6) is 0 Å². The average Bonchev–Trinajstić information content (AvgIpc) is 1.15. The third-order valence-corrected chi connectivity index (χ3v) is 19.0. The fraction of sp³-hybridized carbons (Fsp3) is 0.870. The zero-order chi connectivity index (χ0) is 70.4. The van der Waals surface area contributed by atoms with Gasteiger partial charge in [0.15, 0.2) is 12.2 Å². The van der Waals surface area contributed by atoms with Crippen LogP contribution in [0, 0.1) is 0 Å². The highest BCUT2D eigenvalue weighted by Crippen LogP contribution is 2.45. The fourth-order valence-corrected chi connectivity index (χ4v) is 12.6. The van der Waals surface area contributed by atoms with Crippen molar-refractivity contribution in [3.63, 3.8) is 0 Å². The summed E-state index contributed by atoms with van der Waals surface area (Å²) in [6, 6.07) is 0. The van der Waals surface area contributed by atoms with Gasteiger partial charge < -0.3 is 33.8 Å². The Balaban J connectivity index is 5.30. The van der Waals surface area contributed by atoms with Gasteiger partial charge in [0.1, 0.15) is 19.3 Å². The van der Waals surface area contributed by atoms with Crippen LogP contribution >= 0.6 is 15.6 Å². The molecule has 0 amide bonds. The van der Waals surface area contributed by atoms with Crippen molar-refractivity contribution < 1.29 is 80.2 Å². The third kappa shape index (κ3) is 69.7. The fourth-order valence-electron chi connectivity index (χ4n) is 11.0. The van der Waals surface area contributed by atoms with Crippen molar-refractivity contribution in [2.45, 2.75) is 393 Å². The number of phosphoric ester groups is 2. The van der Waals surface area contributed by atoms with E-state index in [1.807, 2.05) is 0 Å². The van der Waals surface area contributed by atoms with Gasteiger partial charge in [-0.3, -0.25) is 37.3 Å². The van der Waals surface area contributed by atoms with E-state index >= 15 is 0 Å². The maximum absolute atomic E-state index is 13.1. The summed E-state index contributed by atoms with van der Waals surface area (Å²) in [4.78, 5) is 72.8. The van der Waals surface area contributed by atoms with Crippen LogP contribution in [0.2, 0.25) is 0 Å². The first-order chi connectivity index (χ1) is 46.7. The minimum absolute atomic E-state index is 0.0892. The van der Waals surface area contributed by atoms with Crippen molar-refractivity contribution in [2.75, 3.05) is 39.6 Å². The van der Waals surface area contributed by atoms with E-state index in [-0.39, 0.29) is 25.7 Å². The van der Waals surface area contributed by atoms with E-state index in [4.69, 9.17) is 37.0 Å². The number of aliphatic hydroxyl groups is 1. The van der Waals surface area contributed by atoms with Crippen LogP contribution in [0.1, 0.15) is 374 Å². The molecule has 0 aromatic rings. The van der Waals surface area contributed by atoms with Crippen LogP contribution in [-0.2, 0) is 65.4 Å². The number of carbonyl (C=O) groups is 4. The van der Waals surface area contributed by atoms with E-state index in [0.29, 0.717) is 25.7 Å².